The number of hydrogen-bond donors (Lipinski definition) is 1. The molecule has 0 aliphatic carbocycles. The van der Waals surface area contributed by atoms with Gasteiger partial charge >= 0.3 is 0 Å². The molecule has 1 rings (SSSR count). The Morgan fingerprint density at radius 3 is 2.86 bits per heavy atom. The molecule has 3 nitrogen and oxygen atoms in total. The van der Waals surface area contributed by atoms with Gasteiger partial charge in [-0.05, 0) is 20.9 Å². The number of thiazole rings is 1. The monoisotopic (exact) mass is 214 g/mol. The average Bonchev–Trinajstić information content (AvgIpc) is 2.64. The van der Waals surface area contributed by atoms with Crippen molar-refractivity contribution in [2.24, 2.45) is 0 Å². The van der Waals surface area contributed by atoms with Crippen molar-refractivity contribution in [1.82, 2.24) is 10.3 Å². The highest BCUT2D eigenvalue weighted by Gasteiger charge is 2.09. The molecule has 0 bridgehead atoms. The van der Waals surface area contributed by atoms with Crippen LogP contribution in [0.15, 0.2) is 11.6 Å². The van der Waals surface area contributed by atoms with Crippen molar-refractivity contribution in [3.8, 4) is 0 Å². The summed E-state index contributed by atoms with van der Waals surface area (Å²) in [5.74, 6) is 0. The van der Waals surface area contributed by atoms with Crippen molar-refractivity contribution >= 4 is 11.3 Å². The van der Waals surface area contributed by atoms with Gasteiger partial charge in [0.05, 0.1) is 17.7 Å². The molecule has 0 amide bonds. The summed E-state index contributed by atoms with van der Waals surface area (Å²) < 4.78 is 5.56. The van der Waals surface area contributed by atoms with Crippen molar-refractivity contribution in [3.63, 3.8) is 0 Å². The number of aromatic nitrogens is 1. The Morgan fingerprint density at radius 1 is 1.57 bits per heavy atom. The van der Waals surface area contributed by atoms with Crippen LogP contribution in [0.3, 0.4) is 0 Å². The Hall–Kier alpha value is -0.450. The Labute approximate surface area is 89.5 Å². The van der Waals surface area contributed by atoms with E-state index in [1.165, 1.54) is 0 Å². The summed E-state index contributed by atoms with van der Waals surface area (Å²) in [4.78, 5) is 4.25. The van der Waals surface area contributed by atoms with E-state index in [2.05, 4.69) is 24.1 Å². The van der Waals surface area contributed by atoms with Gasteiger partial charge in [0.25, 0.3) is 0 Å². The van der Waals surface area contributed by atoms with Crippen molar-refractivity contribution in [2.75, 3.05) is 13.7 Å². The van der Waals surface area contributed by atoms with Crippen molar-refractivity contribution in [3.05, 3.63) is 16.6 Å². The second kappa shape index (κ2) is 6.11. The fraction of sp³-hybridized carbons (Fsp3) is 0.700. The van der Waals surface area contributed by atoms with Crippen LogP contribution in [0.1, 0.15) is 18.9 Å². The molecule has 1 unspecified atom stereocenters. The standard InChI is InChI=1S/C10H18N2OS/c1-8(2)13-7-9(11-3)6-10-12-4-5-14-10/h4-5,8-9,11H,6-7H2,1-3H3. The van der Waals surface area contributed by atoms with Crippen LogP contribution in [0.25, 0.3) is 0 Å². The van der Waals surface area contributed by atoms with E-state index >= 15 is 0 Å². The molecule has 0 aliphatic heterocycles. The molecule has 1 atom stereocenters. The molecule has 0 saturated carbocycles. The largest absolute Gasteiger partial charge is 0.377 e. The summed E-state index contributed by atoms with van der Waals surface area (Å²) in [6.07, 6.45) is 3.08. The lowest BCUT2D eigenvalue weighted by atomic mass is 10.2. The van der Waals surface area contributed by atoms with Crippen LogP contribution < -0.4 is 5.32 Å². The van der Waals surface area contributed by atoms with E-state index in [-0.39, 0.29) is 0 Å². The van der Waals surface area contributed by atoms with Gasteiger partial charge in [-0.15, -0.1) is 11.3 Å². The maximum atomic E-state index is 5.56. The van der Waals surface area contributed by atoms with Gasteiger partial charge in [-0.3, -0.25) is 0 Å². The molecule has 0 aromatic carbocycles. The fourth-order valence-electron chi connectivity index (χ4n) is 1.12. The molecule has 80 valence electrons. The van der Waals surface area contributed by atoms with E-state index in [0.717, 1.165) is 18.0 Å². The maximum Gasteiger partial charge on any atom is 0.0941 e. The Morgan fingerprint density at radius 2 is 2.36 bits per heavy atom. The van der Waals surface area contributed by atoms with Gasteiger partial charge in [-0.25, -0.2) is 4.98 Å². The van der Waals surface area contributed by atoms with Gasteiger partial charge < -0.3 is 10.1 Å². The molecule has 1 N–H and O–H groups in total. The van der Waals surface area contributed by atoms with Crippen LogP contribution >= 0.6 is 11.3 Å². The number of ether oxygens (including phenoxy) is 1. The first-order valence-corrected chi connectivity index (χ1v) is 5.77. The third kappa shape index (κ3) is 4.17. The summed E-state index contributed by atoms with van der Waals surface area (Å²) in [6, 6.07) is 0.364. The summed E-state index contributed by atoms with van der Waals surface area (Å²) in [7, 11) is 1.96. The summed E-state index contributed by atoms with van der Waals surface area (Å²) in [6.45, 7) is 4.85. The van der Waals surface area contributed by atoms with Crippen LogP contribution in [-0.2, 0) is 11.2 Å². The predicted octanol–water partition coefficient (Wildman–Crippen LogP) is 1.70. The average molecular weight is 214 g/mol. The highest BCUT2D eigenvalue weighted by atomic mass is 32.1. The smallest absolute Gasteiger partial charge is 0.0941 e. The maximum absolute atomic E-state index is 5.56. The van der Waals surface area contributed by atoms with Gasteiger partial charge in [0.15, 0.2) is 0 Å². The van der Waals surface area contributed by atoms with Gasteiger partial charge in [-0.2, -0.15) is 0 Å². The number of likely N-dealkylation sites (N-methyl/N-ethyl adjacent to an activating group) is 1. The quantitative estimate of drug-likeness (QED) is 0.782. The van der Waals surface area contributed by atoms with Gasteiger partial charge in [0.2, 0.25) is 0 Å². The molecule has 0 spiro atoms. The molecule has 1 aromatic heterocycles. The summed E-state index contributed by atoms with van der Waals surface area (Å²) in [5.41, 5.74) is 0. The van der Waals surface area contributed by atoms with E-state index in [1.807, 2.05) is 18.6 Å². The predicted molar refractivity (Wildman–Crippen MR) is 59.8 cm³/mol. The van der Waals surface area contributed by atoms with Crippen LogP contribution in [0.2, 0.25) is 0 Å². The van der Waals surface area contributed by atoms with Gasteiger partial charge in [-0.1, -0.05) is 0 Å². The number of nitrogens with one attached hydrogen (secondary N) is 1. The molecule has 0 aliphatic rings. The molecular formula is C10H18N2OS. The normalized spacial score (nSPS) is 13.4. The van der Waals surface area contributed by atoms with E-state index in [9.17, 15) is 0 Å². The van der Waals surface area contributed by atoms with E-state index in [0.29, 0.717) is 12.1 Å². The zero-order chi connectivity index (χ0) is 10.4. The lowest BCUT2D eigenvalue weighted by Crippen LogP contribution is -2.33. The second-order valence-electron chi connectivity index (χ2n) is 3.50. The van der Waals surface area contributed by atoms with Crippen LogP contribution in [0, 0.1) is 0 Å². The molecule has 14 heavy (non-hydrogen) atoms. The van der Waals surface area contributed by atoms with Crippen LogP contribution in [-0.4, -0.2) is 30.8 Å². The Kier molecular flexibility index (Phi) is 5.07. The zero-order valence-electron chi connectivity index (χ0n) is 8.99. The van der Waals surface area contributed by atoms with Crippen molar-refractivity contribution in [2.45, 2.75) is 32.4 Å². The molecule has 0 saturated heterocycles. The van der Waals surface area contributed by atoms with Gasteiger partial charge in [0, 0.05) is 24.0 Å². The Balaban J connectivity index is 2.32. The fourth-order valence-corrected chi connectivity index (χ4v) is 1.82. The van der Waals surface area contributed by atoms with Crippen LogP contribution in [0.5, 0.6) is 0 Å². The first kappa shape index (κ1) is 11.6. The lowest BCUT2D eigenvalue weighted by Gasteiger charge is -2.16. The molecule has 4 heteroatoms. The van der Waals surface area contributed by atoms with Crippen molar-refractivity contribution in [1.29, 1.82) is 0 Å². The number of rotatable bonds is 6. The number of hydrogen-bond acceptors (Lipinski definition) is 4. The third-order valence-electron chi connectivity index (χ3n) is 1.94. The minimum Gasteiger partial charge on any atom is -0.377 e. The van der Waals surface area contributed by atoms with Crippen LogP contribution in [0.4, 0.5) is 0 Å². The highest BCUT2D eigenvalue weighted by Crippen LogP contribution is 2.07. The number of nitrogens with zero attached hydrogens (tertiary/aromatic N) is 1. The van der Waals surface area contributed by atoms with Gasteiger partial charge in [0.1, 0.15) is 0 Å². The SMILES string of the molecule is CNC(COC(C)C)Cc1nccs1. The molecule has 1 aromatic rings. The first-order valence-electron chi connectivity index (χ1n) is 4.89. The highest BCUT2D eigenvalue weighted by molar-refractivity contribution is 7.09. The van der Waals surface area contributed by atoms with E-state index in [1.54, 1.807) is 11.3 Å². The van der Waals surface area contributed by atoms with E-state index < -0.39 is 0 Å². The summed E-state index contributed by atoms with van der Waals surface area (Å²) in [5, 5.41) is 6.41. The molecule has 0 fully saturated rings. The second-order valence-corrected chi connectivity index (χ2v) is 4.48. The topological polar surface area (TPSA) is 34.1 Å². The Bertz CT molecular complexity index is 236. The minimum absolute atomic E-state index is 0.294. The van der Waals surface area contributed by atoms with Crippen molar-refractivity contribution < 1.29 is 4.74 Å². The lowest BCUT2D eigenvalue weighted by molar-refractivity contribution is 0.0627. The third-order valence-corrected chi connectivity index (χ3v) is 2.75. The molecule has 1 heterocycles. The zero-order valence-corrected chi connectivity index (χ0v) is 9.80. The summed E-state index contributed by atoms with van der Waals surface area (Å²) >= 11 is 1.69. The molecule has 0 radical (unpaired) electrons. The first-order chi connectivity index (χ1) is 6.72. The van der Waals surface area contributed by atoms with E-state index in [4.69, 9.17) is 4.74 Å². The molecular weight excluding hydrogens is 196 g/mol. The minimum atomic E-state index is 0.294.